The predicted octanol–water partition coefficient (Wildman–Crippen LogP) is 2.41. The molecule has 1 aromatic carbocycles. The number of nitrogens with one attached hydrogen (secondary N) is 1. The van der Waals surface area contributed by atoms with Crippen LogP contribution in [0.3, 0.4) is 0 Å². The molecule has 3 aliphatic rings. The van der Waals surface area contributed by atoms with Crippen LogP contribution >= 0.6 is 0 Å². The van der Waals surface area contributed by atoms with E-state index in [1.807, 2.05) is 42.7 Å². The van der Waals surface area contributed by atoms with Gasteiger partial charge in [-0.25, -0.2) is 4.99 Å². The van der Waals surface area contributed by atoms with E-state index in [4.69, 9.17) is 9.73 Å². The summed E-state index contributed by atoms with van der Waals surface area (Å²) in [4.78, 5) is 13.8. The minimum atomic E-state index is -0.0933. The molecule has 0 bridgehead atoms. The van der Waals surface area contributed by atoms with Crippen molar-refractivity contribution in [3.63, 3.8) is 0 Å². The Kier molecular flexibility index (Phi) is 4.62. The van der Waals surface area contributed by atoms with Crippen LogP contribution < -0.4 is 10.2 Å². The number of hydrogen-bond acceptors (Lipinski definition) is 7. The fourth-order valence-corrected chi connectivity index (χ4v) is 4.16. The summed E-state index contributed by atoms with van der Waals surface area (Å²) in [6.07, 6.45) is 4.56. The van der Waals surface area contributed by atoms with E-state index in [-0.39, 0.29) is 6.04 Å². The molecule has 0 aliphatic carbocycles. The van der Waals surface area contributed by atoms with E-state index in [2.05, 4.69) is 32.2 Å². The molecule has 1 saturated heterocycles. The molecule has 1 atom stereocenters. The number of aliphatic imine (C=N–C) groups is 1. The van der Waals surface area contributed by atoms with Gasteiger partial charge in [0, 0.05) is 43.3 Å². The molecule has 1 N–H and O–H groups in total. The largest absolute Gasteiger partial charge is 0.378 e. The topological polar surface area (TPSA) is 76.8 Å². The van der Waals surface area contributed by atoms with Crippen LogP contribution in [0.2, 0.25) is 0 Å². The molecule has 1 fully saturated rings. The smallest absolute Gasteiger partial charge is 0.200 e. The summed E-state index contributed by atoms with van der Waals surface area (Å²) in [6, 6.07) is 14.0. The van der Waals surface area contributed by atoms with Crippen LogP contribution in [0.25, 0.3) is 0 Å². The second-order valence-corrected chi connectivity index (χ2v) is 7.30. The Bertz CT molecular complexity index is 1000. The average Bonchev–Trinajstić information content (AvgIpc) is 3.24. The van der Waals surface area contributed by atoms with Crippen molar-refractivity contribution in [1.82, 2.24) is 15.2 Å². The minimum absolute atomic E-state index is 0.0933. The van der Waals surface area contributed by atoms with Crippen LogP contribution in [0, 0.1) is 11.3 Å². The van der Waals surface area contributed by atoms with Gasteiger partial charge in [-0.05, 0) is 36.2 Å². The highest BCUT2D eigenvalue weighted by Crippen LogP contribution is 2.39. The van der Waals surface area contributed by atoms with E-state index in [1.165, 1.54) is 5.57 Å². The number of guanidine groups is 1. The molecule has 0 radical (unpaired) electrons. The molecule has 5 rings (SSSR count). The number of anilines is 1. The summed E-state index contributed by atoms with van der Waals surface area (Å²) in [6.45, 7) is 3.93. The Labute approximate surface area is 169 Å². The molecule has 146 valence electrons. The third kappa shape index (κ3) is 3.32. The first-order valence-corrected chi connectivity index (χ1v) is 9.91. The fourth-order valence-electron chi connectivity index (χ4n) is 4.16. The van der Waals surface area contributed by atoms with E-state index in [0.29, 0.717) is 18.8 Å². The Hall–Kier alpha value is -3.37. The quantitative estimate of drug-likeness (QED) is 0.854. The summed E-state index contributed by atoms with van der Waals surface area (Å²) in [5.74, 6) is 1.97. The van der Waals surface area contributed by atoms with E-state index >= 15 is 0 Å². The number of nitrogens with zero attached hydrogens (tertiary/aromatic N) is 5. The number of morpholine rings is 1. The summed E-state index contributed by atoms with van der Waals surface area (Å²) in [7, 11) is 0. The Balaban J connectivity index is 1.56. The van der Waals surface area contributed by atoms with Gasteiger partial charge in [0.1, 0.15) is 11.9 Å². The number of pyridine rings is 1. The van der Waals surface area contributed by atoms with Crippen molar-refractivity contribution < 1.29 is 4.74 Å². The number of rotatable bonds is 2. The lowest BCUT2D eigenvalue weighted by molar-refractivity contribution is 0.0664. The van der Waals surface area contributed by atoms with Crippen LogP contribution in [0.4, 0.5) is 5.69 Å². The van der Waals surface area contributed by atoms with E-state index < -0.39 is 0 Å². The lowest BCUT2D eigenvalue weighted by atomic mass is 9.96. The summed E-state index contributed by atoms with van der Waals surface area (Å²) >= 11 is 0. The Morgan fingerprint density at radius 2 is 1.93 bits per heavy atom. The zero-order valence-corrected chi connectivity index (χ0v) is 16.1. The number of hydrogen-bond donors (Lipinski definition) is 1. The first-order chi connectivity index (χ1) is 14.3. The van der Waals surface area contributed by atoms with Crippen molar-refractivity contribution >= 4 is 11.6 Å². The van der Waals surface area contributed by atoms with Gasteiger partial charge in [-0.15, -0.1) is 0 Å². The zero-order chi connectivity index (χ0) is 19.6. The van der Waals surface area contributed by atoms with Crippen LogP contribution in [0.5, 0.6) is 0 Å². The molecule has 1 unspecified atom stereocenters. The van der Waals surface area contributed by atoms with Crippen molar-refractivity contribution in [1.29, 1.82) is 5.26 Å². The maximum Gasteiger partial charge on any atom is 0.200 e. The average molecular weight is 386 g/mol. The maximum absolute atomic E-state index is 9.35. The molecule has 1 aromatic heterocycles. The van der Waals surface area contributed by atoms with Crippen LogP contribution in [0.15, 0.2) is 65.2 Å². The molecule has 2 aromatic rings. The highest BCUT2D eigenvalue weighted by Gasteiger charge is 2.35. The molecule has 7 heteroatoms. The minimum Gasteiger partial charge on any atom is -0.378 e. The Morgan fingerprint density at radius 1 is 1.10 bits per heavy atom. The van der Waals surface area contributed by atoms with Crippen molar-refractivity contribution in [2.45, 2.75) is 12.5 Å². The summed E-state index contributed by atoms with van der Waals surface area (Å²) in [5, 5.41) is 13.0. The maximum atomic E-state index is 9.35. The highest BCUT2D eigenvalue weighted by atomic mass is 16.5. The molecule has 29 heavy (non-hydrogen) atoms. The summed E-state index contributed by atoms with van der Waals surface area (Å²) < 4.78 is 5.52. The number of benzene rings is 1. The van der Waals surface area contributed by atoms with Gasteiger partial charge in [-0.3, -0.25) is 4.98 Å². The molecule has 0 amide bonds. The molecule has 3 aliphatic heterocycles. The number of aromatic nitrogens is 1. The van der Waals surface area contributed by atoms with E-state index in [9.17, 15) is 5.26 Å². The molecule has 4 heterocycles. The van der Waals surface area contributed by atoms with Gasteiger partial charge >= 0.3 is 0 Å². The van der Waals surface area contributed by atoms with Gasteiger partial charge in [0.05, 0.1) is 24.8 Å². The van der Waals surface area contributed by atoms with Crippen molar-refractivity contribution in [2.75, 3.05) is 37.7 Å². The first kappa shape index (κ1) is 17.7. The molecule has 0 spiro atoms. The van der Waals surface area contributed by atoms with Gasteiger partial charge < -0.3 is 19.9 Å². The van der Waals surface area contributed by atoms with Gasteiger partial charge in [-0.2, -0.15) is 5.26 Å². The van der Waals surface area contributed by atoms with Gasteiger partial charge in [0.2, 0.25) is 5.96 Å². The molecule has 0 saturated carbocycles. The molecule has 7 nitrogen and oxygen atoms in total. The van der Waals surface area contributed by atoms with Crippen molar-refractivity contribution in [3.05, 3.63) is 71.3 Å². The SMILES string of the molecule is N#Cc1cccc(C2N=C(N3CCOCC3)NC3=C2CCN3c2ccncc2)c1. The van der Waals surface area contributed by atoms with Crippen LogP contribution in [0.1, 0.15) is 23.6 Å². The highest BCUT2D eigenvalue weighted by molar-refractivity contribution is 5.85. The fraction of sp³-hybridized carbons (Fsp3) is 0.318. The third-order valence-corrected chi connectivity index (χ3v) is 5.61. The standard InChI is InChI=1S/C22H22N6O/c23-15-16-2-1-3-17(14-16)20-19-6-9-28(18-4-7-24-8-5-18)21(19)26-22(25-20)27-10-12-29-13-11-27/h1-5,7-8,14,20H,6,9-13H2,(H,25,26). The second-order valence-electron chi connectivity index (χ2n) is 7.30. The molecular weight excluding hydrogens is 364 g/mol. The number of ether oxygens (including phenoxy) is 1. The van der Waals surface area contributed by atoms with Gasteiger partial charge in [-0.1, -0.05) is 12.1 Å². The van der Waals surface area contributed by atoms with Crippen molar-refractivity contribution in [3.8, 4) is 6.07 Å². The second kappa shape index (κ2) is 7.57. The monoisotopic (exact) mass is 386 g/mol. The predicted molar refractivity (Wildman–Crippen MR) is 110 cm³/mol. The normalized spacial score (nSPS) is 21.3. The lowest BCUT2D eigenvalue weighted by Crippen LogP contribution is -2.50. The van der Waals surface area contributed by atoms with Crippen LogP contribution in [-0.2, 0) is 4.74 Å². The van der Waals surface area contributed by atoms with Crippen LogP contribution in [-0.4, -0.2) is 48.7 Å². The van der Waals surface area contributed by atoms with Gasteiger partial charge in [0.25, 0.3) is 0 Å². The summed E-state index contributed by atoms with van der Waals surface area (Å²) in [5.41, 5.74) is 4.09. The Morgan fingerprint density at radius 3 is 2.72 bits per heavy atom. The van der Waals surface area contributed by atoms with E-state index in [0.717, 1.165) is 49.1 Å². The first-order valence-electron chi connectivity index (χ1n) is 9.91. The lowest BCUT2D eigenvalue weighted by Gasteiger charge is -2.36. The number of nitriles is 1. The van der Waals surface area contributed by atoms with Crippen molar-refractivity contribution in [2.24, 2.45) is 4.99 Å². The molecular formula is C22H22N6O. The van der Waals surface area contributed by atoms with E-state index in [1.54, 1.807) is 0 Å². The van der Waals surface area contributed by atoms with Gasteiger partial charge in [0.15, 0.2) is 0 Å². The zero-order valence-electron chi connectivity index (χ0n) is 16.1. The third-order valence-electron chi connectivity index (χ3n) is 5.61.